The minimum atomic E-state index is -0.470. The summed E-state index contributed by atoms with van der Waals surface area (Å²) in [4.78, 5) is 17.6. The van der Waals surface area contributed by atoms with Crippen LogP contribution in [0.5, 0.6) is 0 Å². The molecule has 3 aromatic heterocycles. The van der Waals surface area contributed by atoms with Gasteiger partial charge in [0, 0.05) is 30.5 Å². The van der Waals surface area contributed by atoms with Crippen LogP contribution in [0.2, 0.25) is 0 Å². The average Bonchev–Trinajstić information content (AvgIpc) is 3.14. The molecule has 0 bridgehead atoms. The maximum Gasteiger partial charge on any atom is 0.222 e. The standard InChI is InChI=1S/C19H20N6S/c1-3-15-12-26-18(24-15)16(9-20)17-13(2)10-23-19(25-17)22-8-6-14-5-4-7-21-11-14/h4-5,7,10-12,16H,3,6,8H2,1-2H3,(H,22,23,25). The molecule has 3 heterocycles. The Labute approximate surface area is 157 Å². The quantitative estimate of drug-likeness (QED) is 0.690. The van der Waals surface area contributed by atoms with Gasteiger partial charge in [-0.3, -0.25) is 4.98 Å². The number of nitriles is 1. The number of aromatic nitrogens is 4. The maximum absolute atomic E-state index is 9.68. The van der Waals surface area contributed by atoms with Crippen molar-refractivity contribution in [3.63, 3.8) is 0 Å². The molecule has 1 N–H and O–H groups in total. The van der Waals surface area contributed by atoms with Crippen molar-refractivity contribution in [1.82, 2.24) is 19.9 Å². The highest BCUT2D eigenvalue weighted by Crippen LogP contribution is 2.28. The normalized spacial score (nSPS) is 11.7. The van der Waals surface area contributed by atoms with E-state index >= 15 is 0 Å². The van der Waals surface area contributed by atoms with Gasteiger partial charge in [-0.1, -0.05) is 13.0 Å². The van der Waals surface area contributed by atoms with Gasteiger partial charge in [0.25, 0.3) is 0 Å². The molecule has 0 aromatic carbocycles. The summed E-state index contributed by atoms with van der Waals surface area (Å²) < 4.78 is 0. The highest BCUT2D eigenvalue weighted by atomic mass is 32.1. The van der Waals surface area contributed by atoms with Gasteiger partial charge in [0.1, 0.15) is 10.9 Å². The van der Waals surface area contributed by atoms with E-state index in [4.69, 9.17) is 0 Å². The molecule has 3 aromatic rings. The molecule has 0 fully saturated rings. The van der Waals surface area contributed by atoms with Crippen molar-refractivity contribution in [2.45, 2.75) is 32.6 Å². The Bertz CT molecular complexity index is 900. The number of pyridine rings is 1. The van der Waals surface area contributed by atoms with Crippen LogP contribution >= 0.6 is 11.3 Å². The van der Waals surface area contributed by atoms with E-state index in [2.05, 4.69) is 38.2 Å². The van der Waals surface area contributed by atoms with Gasteiger partial charge in [-0.15, -0.1) is 11.3 Å². The molecule has 6 nitrogen and oxygen atoms in total. The van der Waals surface area contributed by atoms with Crippen LogP contribution < -0.4 is 5.32 Å². The molecule has 0 amide bonds. The molecule has 132 valence electrons. The lowest BCUT2D eigenvalue weighted by molar-refractivity contribution is 0.887. The van der Waals surface area contributed by atoms with Crippen LogP contribution in [-0.2, 0) is 12.8 Å². The number of aryl methyl sites for hydroxylation is 2. The predicted octanol–water partition coefficient (Wildman–Crippen LogP) is 3.51. The summed E-state index contributed by atoms with van der Waals surface area (Å²) in [5, 5.41) is 15.7. The molecule has 0 saturated carbocycles. The van der Waals surface area contributed by atoms with E-state index in [0.29, 0.717) is 18.2 Å². The van der Waals surface area contributed by atoms with Crippen LogP contribution in [0, 0.1) is 18.3 Å². The van der Waals surface area contributed by atoms with Gasteiger partial charge >= 0.3 is 0 Å². The molecule has 0 radical (unpaired) electrons. The monoisotopic (exact) mass is 364 g/mol. The Morgan fingerprint density at radius 1 is 1.31 bits per heavy atom. The smallest absolute Gasteiger partial charge is 0.222 e. The summed E-state index contributed by atoms with van der Waals surface area (Å²) in [5.41, 5.74) is 3.76. The predicted molar refractivity (Wildman–Crippen MR) is 102 cm³/mol. The first-order valence-electron chi connectivity index (χ1n) is 8.51. The lowest BCUT2D eigenvalue weighted by Crippen LogP contribution is -2.12. The van der Waals surface area contributed by atoms with Gasteiger partial charge in [0.2, 0.25) is 5.95 Å². The van der Waals surface area contributed by atoms with Gasteiger partial charge in [0.05, 0.1) is 17.5 Å². The Kier molecular flexibility index (Phi) is 5.87. The molecular weight excluding hydrogens is 344 g/mol. The molecule has 3 rings (SSSR count). The number of anilines is 1. The molecule has 0 aliphatic carbocycles. The molecule has 7 heteroatoms. The van der Waals surface area contributed by atoms with E-state index in [1.165, 1.54) is 11.3 Å². The minimum Gasteiger partial charge on any atom is -0.354 e. The fraction of sp³-hybridized carbons (Fsp3) is 0.316. The van der Waals surface area contributed by atoms with E-state index in [9.17, 15) is 5.26 Å². The lowest BCUT2D eigenvalue weighted by atomic mass is 10.0. The van der Waals surface area contributed by atoms with Gasteiger partial charge in [-0.2, -0.15) is 5.26 Å². The van der Waals surface area contributed by atoms with Crippen LogP contribution in [0.3, 0.4) is 0 Å². The third-order valence-electron chi connectivity index (χ3n) is 4.01. The molecule has 1 unspecified atom stereocenters. The average molecular weight is 364 g/mol. The van der Waals surface area contributed by atoms with Gasteiger partial charge in [-0.25, -0.2) is 15.0 Å². The summed E-state index contributed by atoms with van der Waals surface area (Å²) >= 11 is 1.51. The number of rotatable bonds is 7. The number of nitrogens with one attached hydrogen (secondary N) is 1. The summed E-state index contributed by atoms with van der Waals surface area (Å²) in [6, 6.07) is 6.30. The highest BCUT2D eigenvalue weighted by Gasteiger charge is 2.21. The van der Waals surface area contributed by atoms with Gasteiger partial charge in [-0.05, 0) is 37.0 Å². The van der Waals surface area contributed by atoms with Crippen LogP contribution in [0.25, 0.3) is 0 Å². The summed E-state index contributed by atoms with van der Waals surface area (Å²) in [6.07, 6.45) is 7.06. The zero-order valence-corrected chi connectivity index (χ0v) is 15.6. The number of hydrogen-bond acceptors (Lipinski definition) is 7. The molecule has 0 aliphatic rings. The maximum atomic E-state index is 9.68. The second-order valence-electron chi connectivity index (χ2n) is 5.89. The first-order chi connectivity index (χ1) is 12.7. The second kappa shape index (κ2) is 8.50. The summed E-state index contributed by atoms with van der Waals surface area (Å²) in [7, 11) is 0. The molecule has 0 saturated heterocycles. The Hall–Kier alpha value is -2.85. The third kappa shape index (κ3) is 4.21. The second-order valence-corrected chi connectivity index (χ2v) is 6.78. The minimum absolute atomic E-state index is 0.470. The molecule has 26 heavy (non-hydrogen) atoms. The molecular formula is C19H20N6S. The van der Waals surface area contributed by atoms with Crippen molar-refractivity contribution in [2.24, 2.45) is 0 Å². The van der Waals surface area contributed by atoms with E-state index in [1.54, 1.807) is 12.4 Å². The van der Waals surface area contributed by atoms with Crippen molar-refractivity contribution in [1.29, 1.82) is 5.26 Å². The van der Waals surface area contributed by atoms with E-state index < -0.39 is 5.92 Å². The van der Waals surface area contributed by atoms with Crippen molar-refractivity contribution in [3.8, 4) is 6.07 Å². The van der Waals surface area contributed by atoms with E-state index in [0.717, 1.165) is 34.7 Å². The fourth-order valence-electron chi connectivity index (χ4n) is 2.55. The van der Waals surface area contributed by atoms with Crippen molar-refractivity contribution in [3.05, 3.63) is 63.6 Å². The van der Waals surface area contributed by atoms with Crippen molar-refractivity contribution in [2.75, 3.05) is 11.9 Å². The van der Waals surface area contributed by atoms with Crippen molar-refractivity contribution < 1.29 is 0 Å². The Balaban J connectivity index is 1.75. The van der Waals surface area contributed by atoms with E-state index in [-0.39, 0.29) is 0 Å². The van der Waals surface area contributed by atoms with E-state index in [1.807, 2.05) is 30.6 Å². The van der Waals surface area contributed by atoms with Crippen LogP contribution in [0.15, 0.2) is 36.1 Å². The van der Waals surface area contributed by atoms with Gasteiger partial charge in [0.15, 0.2) is 0 Å². The van der Waals surface area contributed by atoms with Gasteiger partial charge < -0.3 is 5.32 Å². The number of thiazole rings is 1. The summed E-state index contributed by atoms with van der Waals surface area (Å²) in [5.74, 6) is 0.0594. The number of nitrogens with zero attached hydrogens (tertiary/aromatic N) is 5. The first kappa shape index (κ1) is 18.0. The van der Waals surface area contributed by atoms with Crippen LogP contribution in [0.4, 0.5) is 5.95 Å². The zero-order chi connectivity index (χ0) is 18.4. The SMILES string of the molecule is CCc1csc(C(C#N)c2nc(NCCc3cccnc3)ncc2C)n1. The molecule has 0 aliphatic heterocycles. The highest BCUT2D eigenvalue weighted by molar-refractivity contribution is 7.09. The Morgan fingerprint density at radius 3 is 2.88 bits per heavy atom. The summed E-state index contributed by atoms with van der Waals surface area (Å²) in [6.45, 7) is 4.68. The van der Waals surface area contributed by atoms with Crippen molar-refractivity contribution >= 4 is 17.3 Å². The number of hydrogen-bond donors (Lipinski definition) is 1. The largest absolute Gasteiger partial charge is 0.354 e. The fourth-order valence-corrected chi connectivity index (χ4v) is 3.49. The zero-order valence-electron chi connectivity index (χ0n) is 14.8. The van der Waals surface area contributed by atoms with Crippen LogP contribution in [-0.4, -0.2) is 26.5 Å². The first-order valence-corrected chi connectivity index (χ1v) is 9.39. The molecule has 1 atom stereocenters. The molecule has 0 spiro atoms. The Morgan fingerprint density at radius 2 is 2.19 bits per heavy atom. The third-order valence-corrected chi connectivity index (χ3v) is 4.97. The van der Waals surface area contributed by atoms with Crippen LogP contribution in [0.1, 0.15) is 40.4 Å². The topological polar surface area (TPSA) is 87.4 Å². The lowest BCUT2D eigenvalue weighted by Gasteiger charge is -2.11.